The van der Waals surface area contributed by atoms with Crippen molar-refractivity contribution < 1.29 is 19.1 Å². The number of ether oxygens (including phenoxy) is 2. The van der Waals surface area contributed by atoms with Crippen molar-refractivity contribution in [2.45, 2.75) is 19.1 Å². The fourth-order valence-corrected chi connectivity index (χ4v) is 2.68. The smallest absolute Gasteiger partial charge is 0.265 e. The lowest BCUT2D eigenvalue weighted by molar-refractivity contribution is -0.134. The number of hydrogen-bond acceptors (Lipinski definition) is 4. The van der Waals surface area contributed by atoms with Crippen LogP contribution in [0.2, 0.25) is 0 Å². The number of para-hydroxylation sites is 2. The van der Waals surface area contributed by atoms with E-state index in [4.69, 9.17) is 9.47 Å². The van der Waals surface area contributed by atoms with Crippen LogP contribution < -0.4 is 20.1 Å². The molecule has 7 heteroatoms. The summed E-state index contributed by atoms with van der Waals surface area (Å²) in [5.74, 6) is 0.403. The van der Waals surface area contributed by atoms with Gasteiger partial charge in [0.15, 0.2) is 11.5 Å². The van der Waals surface area contributed by atoms with Gasteiger partial charge in [0.05, 0.1) is 6.54 Å². The molecule has 0 saturated carbocycles. The molecule has 1 heterocycles. The molecule has 2 amide bonds. The van der Waals surface area contributed by atoms with Crippen LogP contribution in [-0.4, -0.2) is 30.6 Å². The Hall–Kier alpha value is -2.54. The number of rotatable bonds is 4. The predicted molar refractivity (Wildman–Crippen MR) is 96.7 cm³/mol. The lowest BCUT2D eigenvalue weighted by Crippen LogP contribution is -2.50. The van der Waals surface area contributed by atoms with Gasteiger partial charge in [0.25, 0.3) is 5.91 Å². The predicted octanol–water partition coefficient (Wildman–Crippen LogP) is 2.73. The van der Waals surface area contributed by atoms with Crippen LogP contribution in [0.3, 0.4) is 0 Å². The molecule has 1 aliphatic rings. The van der Waals surface area contributed by atoms with Gasteiger partial charge >= 0.3 is 0 Å². The minimum atomic E-state index is -0.810. The molecule has 0 aromatic heterocycles. The van der Waals surface area contributed by atoms with Crippen LogP contribution in [0.1, 0.15) is 6.92 Å². The van der Waals surface area contributed by atoms with Crippen molar-refractivity contribution >= 4 is 33.4 Å². The van der Waals surface area contributed by atoms with Crippen molar-refractivity contribution in [3.63, 3.8) is 0 Å². The van der Waals surface area contributed by atoms with Crippen LogP contribution in [0.25, 0.3) is 0 Å². The first-order chi connectivity index (χ1) is 12.0. The van der Waals surface area contributed by atoms with E-state index in [1.54, 1.807) is 37.3 Å². The molecule has 1 aliphatic heterocycles. The summed E-state index contributed by atoms with van der Waals surface area (Å²) >= 11 is 3.33. The quantitative estimate of drug-likeness (QED) is 0.821. The molecule has 6 nitrogen and oxygen atoms in total. The molecule has 3 rings (SSSR count). The first kappa shape index (κ1) is 17.3. The second-order valence-electron chi connectivity index (χ2n) is 5.58. The third-order valence-corrected chi connectivity index (χ3v) is 4.18. The number of nitrogens with one attached hydrogen (secondary N) is 2. The van der Waals surface area contributed by atoms with Crippen LogP contribution in [0.5, 0.6) is 11.5 Å². The number of amides is 2. The van der Waals surface area contributed by atoms with E-state index in [-0.39, 0.29) is 12.5 Å². The summed E-state index contributed by atoms with van der Waals surface area (Å²) in [5, 5.41) is 5.29. The highest BCUT2D eigenvalue weighted by molar-refractivity contribution is 9.10. The standard InChI is InChI=1S/C18H17BrN2O4/c1-11-17(25-15-5-3-2-4-14(15)24-11)18(23)20-10-16(22)21-13-8-6-12(19)7-9-13/h2-9,11,17H,10H2,1H3,(H,20,23)(H,21,22). The van der Waals surface area contributed by atoms with Gasteiger partial charge in [-0.15, -0.1) is 0 Å². The van der Waals surface area contributed by atoms with E-state index in [1.165, 1.54) is 0 Å². The zero-order chi connectivity index (χ0) is 17.8. The van der Waals surface area contributed by atoms with E-state index in [2.05, 4.69) is 26.6 Å². The Bertz CT molecular complexity index is 779. The maximum Gasteiger partial charge on any atom is 0.265 e. The molecule has 2 atom stereocenters. The number of hydrogen-bond donors (Lipinski definition) is 2. The van der Waals surface area contributed by atoms with Gasteiger partial charge in [0.1, 0.15) is 6.10 Å². The molecular formula is C18H17BrN2O4. The van der Waals surface area contributed by atoms with Gasteiger partial charge in [-0.25, -0.2) is 0 Å². The molecule has 0 radical (unpaired) electrons. The third-order valence-electron chi connectivity index (χ3n) is 3.65. The molecule has 0 saturated heterocycles. The van der Waals surface area contributed by atoms with Gasteiger partial charge in [-0.1, -0.05) is 28.1 Å². The Balaban J connectivity index is 1.54. The highest BCUT2D eigenvalue weighted by atomic mass is 79.9. The van der Waals surface area contributed by atoms with E-state index in [0.717, 1.165) is 4.47 Å². The van der Waals surface area contributed by atoms with Crippen molar-refractivity contribution in [3.8, 4) is 11.5 Å². The van der Waals surface area contributed by atoms with Crippen molar-refractivity contribution in [3.05, 3.63) is 53.0 Å². The Labute approximate surface area is 153 Å². The van der Waals surface area contributed by atoms with Crippen molar-refractivity contribution in [1.29, 1.82) is 0 Å². The maximum absolute atomic E-state index is 12.3. The minimum Gasteiger partial charge on any atom is -0.482 e. The highest BCUT2D eigenvalue weighted by Gasteiger charge is 2.34. The summed E-state index contributed by atoms with van der Waals surface area (Å²) in [6.07, 6.45) is -1.26. The van der Waals surface area contributed by atoms with Gasteiger partial charge in [0.2, 0.25) is 12.0 Å². The molecule has 130 valence electrons. The van der Waals surface area contributed by atoms with Crippen molar-refractivity contribution in [1.82, 2.24) is 5.32 Å². The monoisotopic (exact) mass is 404 g/mol. The zero-order valence-corrected chi connectivity index (χ0v) is 15.1. The molecule has 2 N–H and O–H groups in total. The third kappa shape index (κ3) is 4.30. The molecule has 2 aromatic carbocycles. The fourth-order valence-electron chi connectivity index (χ4n) is 2.41. The minimum absolute atomic E-state index is 0.150. The van der Waals surface area contributed by atoms with Crippen LogP contribution in [0, 0.1) is 0 Å². The Kier molecular flexibility index (Phi) is 5.23. The summed E-state index contributed by atoms with van der Waals surface area (Å²) in [6.45, 7) is 1.60. The van der Waals surface area contributed by atoms with Crippen LogP contribution >= 0.6 is 15.9 Å². The lowest BCUT2D eigenvalue weighted by atomic mass is 10.1. The molecule has 0 aliphatic carbocycles. The first-order valence-corrected chi connectivity index (χ1v) is 8.58. The summed E-state index contributed by atoms with van der Waals surface area (Å²) in [6, 6.07) is 14.3. The molecule has 0 spiro atoms. The van der Waals surface area contributed by atoms with Gasteiger partial charge in [-0.05, 0) is 43.3 Å². The number of halogens is 1. The van der Waals surface area contributed by atoms with E-state index >= 15 is 0 Å². The summed E-state index contributed by atoms with van der Waals surface area (Å²) in [7, 11) is 0. The largest absolute Gasteiger partial charge is 0.482 e. The lowest BCUT2D eigenvalue weighted by Gasteiger charge is -2.30. The number of carbonyl (C=O) groups excluding carboxylic acids is 2. The summed E-state index contributed by atoms with van der Waals surface area (Å²) in [4.78, 5) is 24.3. The van der Waals surface area contributed by atoms with E-state index in [1.807, 2.05) is 18.2 Å². The van der Waals surface area contributed by atoms with Gasteiger partial charge in [-0.2, -0.15) is 0 Å². The zero-order valence-electron chi connectivity index (χ0n) is 13.5. The molecule has 2 unspecified atom stereocenters. The molecule has 0 bridgehead atoms. The van der Waals surface area contributed by atoms with Crippen molar-refractivity contribution in [2.75, 3.05) is 11.9 Å². The normalized spacial score (nSPS) is 18.3. The van der Waals surface area contributed by atoms with Gasteiger partial charge in [0, 0.05) is 10.2 Å². The van der Waals surface area contributed by atoms with Crippen LogP contribution in [0.4, 0.5) is 5.69 Å². The number of anilines is 1. The second-order valence-corrected chi connectivity index (χ2v) is 6.50. The van der Waals surface area contributed by atoms with E-state index in [0.29, 0.717) is 17.2 Å². The summed E-state index contributed by atoms with van der Waals surface area (Å²) in [5.41, 5.74) is 0.655. The fraction of sp³-hybridized carbons (Fsp3) is 0.222. The average Bonchev–Trinajstić information content (AvgIpc) is 2.61. The topological polar surface area (TPSA) is 76.7 Å². The van der Waals surface area contributed by atoms with Gasteiger partial charge < -0.3 is 20.1 Å². The van der Waals surface area contributed by atoms with Crippen LogP contribution in [-0.2, 0) is 9.59 Å². The number of benzene rings is 2. The Morgan fingerprint density at radius 2 is 1.68 bits per heavy atom. The molecule has 0 fully saturated rings. The van der Waals surface area contributed by atoms with Crippen LogP contribution in [0.15, 0.2) is 53.0 Å². The number of carbonyl (C=O) groups is 2. The van der Waals surface area contributed by atoms with E-state index in [9.17, 15) is 9.59 Å². The summed E-state index contributed by atoms with van der Waals surface area (Å²) < 4.78 is 12.3. The molecule has 25 heavy (non-hydrogen) atoms. The maximum atomic E-state index is 12.3. The molecule has 2 aromatic rings. The second kappa shape index (κ2) is 7.57. The average molecular weight is 405 g/mol. The SMILES string of the molecule is CC1Oc2ccccc2OC1C(=O)NCC(=O)Nc1ccc(Br)cc1. The first-order valence-electron chi connectivity index (χ1n) is 7.78. The van der Waals surface area contributed by atoms with Crippen molar-refractivity contribution in [2.24, 2.45) is 0 Å². The van der Waals surface area contributed by atoms with E-state index < -0.39 is 18.1 Å². The Morgan fingerprint density at radius 1 is 1.04 bits per heavy atom. The molecular weight excluding hydrogens is 388 g/mol. The number of fused-ring (bicyclic) bond motifs is 1. The Morgan fingerprint density at radius 3 is 2.36 bits per heavy atom. The highest BCUT2D eigenvalue weighted by Crippen LogP contribution is 2.33. The van der Waals surface area contributed by atoms with Gasteiger partial charge in [-0.3, -0.25) is 9.59 Å².